The predicted octanol–water partition coefficient (Wildman–Crippen LogP) is 5.00. The van der Waals surface area contributed by atoms with Gasteiger partial charge in [0.15, 0.2) is 5.96 Å². The van der Waals surface area contributed by atoms with E-state index in [9.17, 15) is 0 Å². The number of ether oxygens (including phenoxy) is 3. The Morgan fingerprint density at radius 3 is 2.47 bits per heavy atom. The Labute approximate surface area is 206 Å². The Kier molecular flexibility index (Phi) is 10.6. The average molecular weight is 548 g/mol. The zero-order chi connectivity index (χ0) is 21.9. The molecule has 0 aliphatic carbocycles. The van der Waals surface area contributed by atoms with Crippen LogP contribution in [0.15, 0.2) is 71.9 Å². The van der Waals surface area contributed by atoms with Gasteiger partial charge in [0, 0.05) is 18.3 Å². The van der Waals surface area contributed by atoms with Crippen molar-refractivity contribution in [1.82, 2.24) is 4.98 Å². The van der Waals surface area contributed by atoms with E-state index in [2.05, 4.69) is 15.3 Å². The Morgan fingerprint density at radius 2 is 1.72 bits per heavy atom. The van der Waals surface area contributed by atoms with Crippen LogP contribution >= 0.6 is 24.0 Å². The van der Waals surface area contributed by atoms with E-state index in [-0.39, 0.29) is 29.9 Å². The summed E-state index contributed by atoms with van der Waals surface area (Å²) in [6, 6.07) is 19.3. The lowest BCUT2D eigenvalue weighted by molar-refractivity contribution is 0.293. The van der Waals surface area contributed by atoms with E-state index in [0.29, 0.717) is 43.7 Å². The smallest absolute Gasteiger partial charge is 0.213 e. The molecule has 0 fully saturated rings. The van der Waals surface area contributed by atoms with Gasteiger partial charge in [-0.2, -0.15) is 0 Å². The second-order valence-corrected chi connectivity index (χ2v) is 6.63. The van der Waals surface area contributed by atoms with Crippen molar-refractivity contribution in [3.63, 3.8) is 0 Å². The summed E-state index contributed by atoms with van der Waals surface area (Å²) in [5.41, 5.74) is 8.84. The van der Waals surface area contributed by atoms with Gasteiger partial charge in [-0.1, -0.05) is 30.3 Å². The van der Waals surface area contributed by atoms with Gasteiger partial charge in [-0.25, -0.2) is 9.98 Å². The highest BCUT2D eigenvalue weighted by Gasteiger charge is 2.07. The molecule has 0 aliphatic heterocycles. The van der Waals surface area contributed by atoms with Gasteiger partial charge in [0.05, 0.1) is 25.4 Å². The standard InChI is InChI=1S/C24H28N4O3.HI/c1-3-29-20-10-11-22(30-4-2)21(15-20)28-24(25)27-16-19-12-13-26-23(14-19)31-17-18-8-6-5-7-9-18;/h5-15H,3-4,16-17H2,1-2H3,(H3,25,27,28);1H. The molecule has 8 heteroatoms. The van der Waals surface area contributed by atoms with Gasteiger partial charge in [-0.3, -0.25) is 0 Å². The normalized spacial score (nSPS) is 10.8. The molecule has 2 aromatic carbocycles. The van der Waals surface area contributed by atoms with Crippen LogP contribution in [-0.4, -0.2) is 24.2 Å². The van der Waals surface area contributed by atoms with Crippen molar-refractivity contribution >= 4 is 35.6 Å². The largest absolute Gasteiger partial charge is 0.494 e. The highest BCUT2D eigenvalue weighted by molar-refractivity contribution is 14.0. The van der Waals surface area contributed by atoms with Gasteiger partial charge < -0.3 is 25.3 Å². The fraction of sp³-hybridized carbons (Fsp3) is 0.250. The number of hydrogen-bond acceptors (Lipinski definition) is 5. The van der Waals surface area contributed by atoms with Crippen molar-refractivity contribution < 1.29 is 14.2 Å². The first-order valence-electron chi connectivity index (χ1n) is 10.3. The SMILES string of the molecule is CCOc1ccc(OCC)c(NC(N)=NCc2ccnc(OCc3ccccc3)c2)c1.I. The first-order valence-corrected chi connectivity index (χ1v) is 10.3. The summed E-state index contributed by atoms with van der Waals surface area (Å²) in [6.45, 7) is 5.83. The first-order chi connectivity index (χ1) is 15.2. The molecule has 0 aliphatic rings. The van der Waals surface area contributed by atoms with Crippen LogP contribution in [0.2, 0.25) is 0 Å². The van der Waals surface area contributed by atoms with Gasteiger partial charge in [0.25, 0.3) is 0 Å². The maximum Gasteiger partial charge on any atom is 0.213 e. The fourth-order valence-corrected chi connectivity index (χ4v) is 2.86. The minimum absolute atomic E-state index is 0. The van der Waals surface area contributed by atoms with Gasteiger partial charge in [-0.05, 0) is 43.2 Å². The van der Waals surface area contributed by atoms with Crippen LogP contribution in [0.25, 0.3) is 0 Å². The Balaban J connectivity index is 0.00000363. The first kappa shape index (κ1) is 25.3. The molecule has 0 radical (unpaired) electrons. The van der Waals surface area contributed by atoms with E-state index in [1.165, 1.54) is 0 Å². The van der Waals surface area contributed by atoms with E-state index in [1.54, 1.807) is 6.20 Å². The summed E-state index contributed by atoms with van der Waals surface area (Å²) >= 11 is 0. The van der Waals surface area contributed by atoms with Gasteiger partial charge in [0.1, 0.15) is 18.1 Å². The van der Waals surface area contributed by atoms with Crippen molar-refractivity contribution in [2.75, 3.05) is 18.5 Å². The Hall–Kier alpha value is -3.01. The second kappa shape index (κ2) is 13.4. The molecular formula is C24H29IN4O3. The maximum atomic E-state index is 6.11. The average Bonchev–Trinajstić information content (AvgIpc) is 2.79. The number of nitrogens with zero attached hydrogens (tertiary/aromatic N) is 2. The van der Waals surface area contributed by atoms with Crippen molar-refractivity contribution in [2.24, 2.45) is 10.7 Å². The van der Waals surface area contributed by atoms with Crippen LogP contribution in [0.3, 0.4) is 0 Å². The molecule has 3 N–H and O–H groups in total. The third-order valence-electron chi connectivity index (χ3n) is 4.29. The summed E-state index contributed by atoms with van der Waals surface area (Å²) < 4.78 is 17.0. The number of pyridine rings is 1. The van der Waals surface area contributed by atoms with Gasteiger partial charge >= 0.3 is 0 Å². The molecule has 3 rings (SSSR count). The lowest BCUT2D eigenvalue weighted by Gasteiger charge is -2.14. The second-order valence-electron chi connectivity index (χ2n) is 6.63. The monoisotopic (exact) mass is 548 g/mol. The summed E-state index contributed by atoms with van der Waals surface area (Å²) in [5, 5.41) is 3.10. The number of hydrogen-bond donors (Lipinski definition) is 2. The van der Waals surface area contributed by atoms with Crippen molar-refractivity contribution in [2.45, 2.75) is 27.0 Å². The highest BCUT2D eigenvalue weighted by Crippen LogP contribution is 2.29. The van der Waals surface area contributed by atoms with E-state index >= 15 is 0 Å². The molecular weight excluding hydrogens is 519 g/mol. The zero-order valence-electron chi connectivity index (χ0n) is 18.3. The number of rotatable bonds is 10. The molecule has 3 aromatic rings. The highest BCUT2D eigenvalue weighted by atomic mass is 127. The van der Waals surface area contributed by atoms with Crippen LogP contribution in [0.1, 0.15) is 25.0 Å². The number of aromatic nitrogens is 1. The summed E-state index contributed by atoms with van der Waals surface area (Å²) in [6.07, 6.45) is 1.70. The summed E-state index contributed by atoms with van der Waals surface area (Å²) in [7, 11) is 0. The maximum absolute atomic E-state index is 6.11. The van der Waals surface area contributed by atoms with Crippen molar-refractivity contribution in [3.8, 4) is 17.4 Å². The predicted molar refractivity (Wildman–Crippen MR) is 138 cm³/mol. The number of aliphatic imine (C=N–C) groups is 1. The van der Waals surface area contributed by atoms with Crippen molar-refractivity contribution in [3.05, 3.63) is 78.0 Å². The van der Waals surface area contributed by atoms with E-state index in [0.717, 1.165) is 16.9 Å². The van der Waals surface area contributed by atoms with Crippen LogP contribution < -0.4 is 25.3 Å². The third kappa shape index (κ3) is 7.92. The van der Waals surface area contributed by atoms with Gasteiger partial charge in [-0.15, -0.1) is 24.0 Å². The number of benzene rings is 2. The van der Waals surface area contributed by atoms with Crippen molar-refractivity contribution in [1.29, 1.82) is 0 Å². The number of guanidine groups is 1. The van der Waals surface area contributed by atoms with Crippen LogP contribution in [0.5, 0.6) is 17.4 Å². The molecule has 0 unspecified atom stereocenters. The van der Waals surface area contributed by atoms with Gasteiger partial charge in [0.2, 0.25) is 5.88 Å². The minimum atomic E-state index is 0. The molecule has 0 bridgehead atoms. The summed E-state index contributed by atoms with van der Waals surface area (Å²) in [5.74, 6) is 2.24. The summed E-state index contributed by atoms with van der Waals surface area (Å²) in [4.78, 5) is 8.69. The molecule has 170 valence electrons. The topological polar surface area (TPSA) is 91.0 Å². The minimum Gasteiger partial charge on any atom is -0.494 e. The van der Waals surface area contributed by atoms with Crippen LogP contribution in [0.4, 0.5) is 5.69 Å². The number of anilines is 1. The van der Waals surface area contributed by atoms with Crippen LogP contribution in [0, 0.1) is 0 Å². The molecule has 0 atom stereocenters. The lowest BCUT2D eigenvalue weighted by atomic mass is 10.2. The third-order valence-corrected chi connectivity index (χ3v) is 4.29. The Morgan fingerprint density at radius 1 is 0.938 bits per heavy atom. The zero-order valence-corrected chi connectivity index (χ0v) is 20.6. The number of nitrogens with one attached hydrogen (secondary N) is 1. The molecule has 7 nitrogen and oxygen atoms in total. The molecule has 0 amide bonds. The van der Waals surface area contributed by atoms with Crippen LogP contribution in [-0.2, 0) is 13.2 Å². The molecule has 0 saturated carbocycles. The molecule has 0 saturated heterocycles. The lowest BCUT2D eigenvalue weighted by Crippen LogP contribution is -2.23. The molecule has 1 heterocycles. The molecule has 0 spiro atoms. The van der Waals surface area contributed by atoms with E-state index < -0.39 is 0 Å². The van der Waals surface area contributed by atoms with E-state index in [4.69, 9.17) is 19.9 Å². The number of halogens is 1. The Bertz CT molecular complexity index is 1000. The molecule has 1 aromatic heterocycles. The quantitative estimate of drug-likeness (QED) is 0.211. The number of nitrogens with two attached hydrogens (primary N) is 1. The fourth-order valence-electron chi connectivity index (χ4n) is 2.86. The van der Waals surface area contributed by atoms with E-state index in [1.807, 2.05) is 74.5 Å². The molecule has 32 heavy (non-hydrogen) atoms.